The maximum absolute atomic E-state index is 13.1. The smallest absolute Gasteiger partial charge is 0.251 e. The first-order valence-corrected chi connectivity index (χ1v) is 7.09. The highest BCUT2D eigenvalue weighted by atomic mass is 19.2. The van der Waals surface area contributed by atoms with Crippen molar-refractivity contribution in [3.05, 3.63) is 65.8 Å². The zero-order chi connectivity index (χ0) is 16.9. The number of nitrogens with one attached hydrogen (secondary N) is 1. The molecule has 0 aliphatic heterocycles. The maximum atomic E-state index is 13.1. The summed E-state index contributed by atoms with van der Waals surface area (Å²) in [6.45, 7) is 0.215. The predicted octanol–water partition coefficient (Wildman–Crippen LogP) is 2.38. The molecule has 0 saturated carbocycles. The van der Waals surface area contributed by atoms with Crippen LogP contribution in [0.3, 0.4) is 0 Å². The number of hydrogen-bond donors (Lipinski definition) is 1. The summed E-state index contributed by atoms with van der Waals surface area (Å²) in [5, 5.41) is 10.4. The Hall–Kier alpha value is -3.16. The van der Waals surface area contributed by atoms with Crippen LogP contribution in [0.4, 0.5) is 8.78 Å². The Balaban J connectivity index is 1.56. The van der Waals surface area contributed by atoms with Crippen molar-refractivity contribution >= 4 is 5.91 Å². The number of aromatic nitrogens is 3. The SMILES string of the molecule is O=C(NCCc1nnc(-c2cccnc2)o1)c1ccc(F)c(F)c1. The zero-order valence-electron chi connectivity index (χ0n) is 12.4. The van der Waals surface area contributed by atoms with Crippen LogP contribution in [-0.4, -0.2) is 27.6 Å². The Labute approximate surface area is 135 Å². The zero-order valence-corrected chi connectivity index (χ0v) is 12.4. The Morgan fingerprint density at radius 1 is 1.17 bits per heavy atom. The number of carbonyl (C=O) groups excluding carboxylic acids is 1. The van der Waals surface area contributed by atoms with Gasteiger partial charge in [-0.2, -0.15) is 0 Å². The Morgan fingerprint density at radius 3 is 2.79 bits per heavy atom. The van der Waals surface area contributed by atoms with E-state index in [1.54, 1.807) is 24.5 Å². The summed E-state index contributed by atoms with van der Waals surface area (Å²) in [5.74, 6) is -1.90. The van der Waals surface area contributed by atoms with E-state index in [9.17, 15) is 13.6 Å². The van der Waals surface area contributed by atoms with Crippen LogP contribution in [0, 0.1) is 11.6 Å². The molecule has 0 aliphatic rings. The van der Waals surface area contributed by atoms with Crippen LogP contribution in [-0.2, 0) is 6.42 Å². The molecule has 0 radical (unpaired) electrons. The Kier molecular flexibility index (Phi) is 4.55. The number of nitrogens with zero attached hydrogens (tertiary/aromatic N) is 3. The number of carbonyl (C=O) groups is 1. The van der Waals surface area contributed by atoms with Crippen molar-refractivity contribution in [1.82, 2.24) is 20.5 Å². The molecule has 0 aliphatic carbocycles. The Morgan fingerprint density at radius 2 is 2.04 bits per heavy atom. The monoisotopic (exact) mass is 330 g/mol. The van der Waals surface area contributed by atoms with E-state index in [-0.39, 0.29) is 12.1 Å². The molecule has 0 unspecified atom stereocenters. The third kappa shape index (κ3) is 3.60. The fourth-order valence-electron chi connectivity index (χ4n) is 1.98. The molecule has 0 fully saturated rings. The van der Waals surface area contributed by atoms with Crippen LogP contribution >= 0.6 is 0 Å². The lowest BCUT2D eigenvalue weighted by molar-refractivity contribution is 0.0953. The number of rotatable bonds is 5. The van der Waals surface area contributed by atoms with Gasteiger partial charge in [-0.3, -0.25) is 9.78 Å². The lowest BCUT2D eigenvalue weighted by Crippen LogP contribution is -2.25. The van der Waals surface area contributed by atoms with Crippen molar-refractivity contribution in [2.45, 2.75) is 6.42 Å². The number of hydrogen-bond acceptors (Lipinski definition) is 5. The standard InChI is InChI=1S/C16H12F2N4O2/c17-12-4-3-10(8-13(12)18)15(23)20-7-5-14-21-22-16(24-14)11-2-1-6-19-9-11/h1-4,6,8-9H,5,7H2,(H,20,23). The summed E-state index contributed by atoms with van der Waals surface area (Å²) in [4.78, 5) is 15.8. The van der Waals surface area contributed by atoms with Gasteiger partial charge in [-0.25, -0.2) is 8.78 Å². The van der Waals surface area contributed by atoms with Crippen LogP contribution < -0.4 is 5.32 Å². The van der Waals surface area contributed by atoms with Gasteiger partial charge in [-0.1, -0.05) is 0 Å². The first-order valence-electron chi connectivity index (χ1n) is 7.09. The summed E-state index contributed by atoms with van der Waals surface area (Å²) in [6.07, 6.45) is 3.54. The van der Waals surface area contributed by atoms with Gasteiger partial charge in [0.2, 0.25) is 11.8 Å². The highest BCUT2D eigenvalue weighted by molar-refractivity contribution is 5.94. The molecular weight excluding hydrogens is 318 g/mol. The minimum Gasteiger partial charge on any atom is -0.421 e. The highest BCUT2D eigenvalue weighted by Gasteiger charge is 2.11. The molecule has 0 atom stereocenters. The van der Waals surface area contributed by atoms with Gasteiger partial charge >= 0.3 is 0 Å². The molecule has 2 heterocycles. The first kappa shape index (κ1) is 15.7. The summed E-state index contributed by atoms with van der Waals surface area (Å²) in [6, 6.07) is 6.50. The fraction of sp³-hybridized carbons (Fsp3) is 0.125. The van der Waals surface area contributed by atoms with Crippen LogP contribution in [0.15, 0.2) is 47.1 Å². The molecule has 24 heavy (non-hydrogen) atoms. The second kappa shape index (κ2) is 6.95. The minimum atomic E-state index is -1.07. The van der Waals surface area contributed by atoms with E-state index in [1.165, 1.54) is 6.07 Å². The summed E-state index contributed by atoms with van der Waals surface area (Å²) < 4.78 is 31.4. The lowest BCUT2D eigenvalue weighted by atomic mass is 10.2. The Bertz CT molecular complexity index is 852. The molecule has 6 nitrogen and oxygen atoms in total. The van der Waals surface area contributed by atoms with E-state index < -0.39 is 17.5 Å². The molecule has 0 saturated heterocycles. The second-order valence-corrected chi connectivity index (χ2v) is 4.88. The average Bonchev–Trinajstić information content (AvgIpc) is 3.07. The molecule has 8 heteroatoms. The number of amides is 1. The van der Waals surface area contributed by atoms with E-state index >= 15 is 0 Å². The van der Waals surface area contributed by atoms with E-state index in [4.69, 9.17) is 4.42 Å². The van der Waals surface area contributed by atoms with E-state index in [0.29, 0.717) is 23.8 Å². The number of benzene rings is 1. The summed E-state index contributed by atoms with van der Waals surface area (Å²) in [5.41, 5.74) is 0.734. The van der Waals surface area contributed by atoms with Gasteiger partial charge in [-0.15, -0.1) is 10.2 Å². The molecule has 1 N–H and O–H groups in total. The van der Waals surface area contributed by atoms with Gasteiger partial charge < -0.3 is 9.73 Å². The van der Waals surface area contributed by atoms with Crippen LogP contribution in [0.2, 0.25) is 0 Å². The van der Waals surface area contributed by atoms with Crippen LogP contribution in [0.25, 0.3) is 11.5 Å². The maximum Gasteiger partial charge on any atom is 0.251 e. The average molecular weight is 330 g/mol. The van der Waals surface area contributed by atoms with Crippen molar-refractivity contribution in [3.8, 4) is 11.5 Å². The van der Waals surface area contributed by atoms with Gasteiger partial charge in [0.1, 0.15) is 0 Å². The molecule has 2 aromatic heterocycles. The highest BCUT2D eigenvalue weighted by Crippen LogP contribution is 2.16. The topological polar surface area (TPSA) is 80.9 Å². The van der Waals surface area contributed by atoms with Crippen molar-refractivity contribution in [1.29, 1.82) is 0 Å². The van der Waals surface area contributed by atoms with Gasteiger partial charge in [0.25, 0.3) is 5.91 Å². The number of halogens is 2. The normalized spacial score (nSPS) is 10.6. The third-order valence-electron chi connectivity index (χ3n) is 3.18. The predicted molar refractivity (Wildman–Crippen MR) is 79.9 cm³/mol. The molecule has 122 valence electrons. The quantitative estimate of drug-likeness (QED) is 0.777. The summed E-state index contributed by atoms with van der Waals surface area (Å²) in [7, 11) is 0. The molecule has 3 aromatic rings. The van der Waals surface area contributed by atoms with Crippen LogP contribution in [0.5, 0.6) is 0 Å². The molecule has 1 amide bonds. The van der Waals surface area contributed by atoms with Gasteiger partial charge in [-0.05, 0) is 30.3 Å². The van der Waals surface area contributed by atoms with Crippen molar-refractivity contribution in [3.63, 3.8) is 0 Å². The van der Waals surface area contributed by atoms with E-state index in [1.807, 2.05) is 0 Å². The molecule has 0 spiro atoms. The van der Waals surface area contributed by atoms with Crippen LogP contribution in [0.1, 0.15) is 16.2 Å². The van der Waals surface area contributed by atoms with E-state index in [2.05, 4.69) is 20.5 Å². The molecule has 0 bridgehead atoms. The second-order valence-electron chi connectivity index (χ2n) is 4.88. The summed E-state index contributed by atoms with van der Waals surface area (Å²) >= 11 is 0. The van der Waals surface area contributed by atoms with Crippen molar-refractivity contribution < 1.29 is 18.0 Å². The molecular formula is C16H12F2N4O2. The van der Waals surface area contributed by atoms with E-state index in [0.717, 1.165) is 12.1 Å². The van der Waals surface area contributed by atoms with Gasteiger partial charge in [0.05, 0.1) is 5.56 Å². The van der Waals surface area contributed by atoms with Gasteiger partial charge in [0.15, 0.2) is 11.6 Å². The fourth-order valence-corrected chi connectivity index (χ4v) is 1.98. The first-order chi connectivity index (χ1) is 11.6. The van der Waals surface area contributed by atoms with Gasteiger partial charge in [0, 0.05) is 30.9 Å². The lowest BCUT2D eigenvalue weighted by Gasteiger charge is -2.04. The number of pyridine rings is 1. The third-order valence-corrected chi connectivity index (χ3v) is 3.18. The van der Waals surface area contributed by atoms with Crippen molar-refractivity contribution in [2.75, 3.05) is 6.54 Å². The molecule has 1 aromatic carbocycles. The molecule has 3 rings (SSSR count). The minimum absolute atomic E-state index is 0.0375. The largest absolute Gasteiger partial charge is 0.421 e. The van der Waals surface area contributed by atoms with Crippen molar-refractivity contribution in [2.24, 2.45) is 0 Å².